The summed E-state index contributed by atoms with van der Waals surface area (Å²) in [5.74, 6) is -0.305. The molecular weight excluding hydrogens is 358 g/mol. The average molecular weight is 379 g/mol. The van der Waals surface area contributed by atoms with Crippen LogP contribution in [0.2, 0.25) is 0 Å². The van der Waals surface area contributed by atoms with Gasteiger partial charge in [0.2, 0.25) is 5.91 Å². The maximum atomic E-state index is 12.5. The van der Waals surface area contributed by atoms with Gasteiger partial charge in [-0.05, 0) is 55.3 Å². The molecule has 7 heteroatoms. The van der Waals surface area contributed by atoms with Crippen LogP contribution in [-0.2, 0) is 9.59 Å². The van der Waals surface area contributed by atoms with E-state index in [-0.39, 0.29) is 12.2 Å². The molecule has 1 fully saturated rings. The monoisotopic (exact) mass is 379 g/mol. The van der Waals surface area contributed by atoms with E-state index < -0.39 is 17.8 Å². The third-order valence-electron chi connectivity index (χ3n) is 4.20. The van der Waals surface area contributed by atoms with E-state index in [1.165, 1.54) is 0 Å². The van der Waals surface area contributed by atoms with Gasteiger partial charge in [-0.15, -0.1) is 0 Å². The van der Waals surface area contributed by atoms with Crippen LogP contribution in [-0.4, -0.2) is 35.9 Å². The summed E-state index contributed by atoms with van der Waals surface area (Å²) in [4.78, 5) is 37.8. The van der Waals surface area contributed by atoms with Crippen LogP contribution < -0.4 is 15.4 Å². The highest BCUT2D eigenvalue weighted by Crippen LogP contribution is 2.18. The van der Waals surface area contributed by atoms with Crippen molar-refractivity contribution in [2.75, 3.05) is 18.5 Å². The van der Waals surface area contributed by atoms with E-state index in [9.17, 15) is 14.4 Å². The van der Waals surface area contributed by atoms with Crippen molar-refractivity contribution in [3.05, 3.63) is 65.4 Å². The molecule has 7 nitrogen and oxygen atoms in total. The Bertz CT molecular complexity index is 935. The number of hydrogen-bond acceptors (Lipinski definition) is 4. The summed E-state index contributed by atoms with van der Waals surface area (Å²) < 4.78 is 5.35. The molecule has 0 saturated carbocycles. The second kappa shape index (κ2) is 8.39. The number of hydrogen-bond donors (Lipinski definition) is 2. The Balaban J connectivity index is 1.65. The van der Waals surface area contributed by atoms with E-state index in [1.807, 2.05) is 38.1 Å². The normalized spacial score (nSPS) is 14.9. The third kappa shape index (κ3) is 4.37. The lowest BCUT2D eigenvalue weighted by Crippen LogP contribution is -2.38. The number of carbonyl (C=O) groups excluding carboxylic acids is 3. The maximum absolute atomic E-state index is 12.5. The average Bonchev–Trinajstić information content (AvgIpc) is 2.93. The lowest BCUT2D eigenvalue weighted by molar-refractivity contribution is -0.127. The van der Waals surface area contributed by atoms with Crippen molar-refractivity contribution in [3.63, 3.8) is 0 Å². The van der Waals surface area contributed by atoms with Crippen molar-refractivity contribution in [2.45, 2.75) is 13.8 Å². The van der Waals surface area contributed by atoms with Gasteiger partial charge in [-0.25, -0.2) is 9.69 Å². The Morgan fingerprint density at radius 1 is 1.14 bits per heavy atom. The highest BCUT2D eigenvalue weighted by Gasteiger charge is 2.34. The van der Waals surface area contributed by atoms with Gasteiger partial charge in [0, 0.05) is 5.69 Å². The number of rotatable bonds is 6. The van der Waals surface area contributed by atoms with Crippen molar-refractivity contribution in [3.8, 4) is 5.75 Å². The number of benzene rings is 2. The highest BCUT2D eigenvalue weighted by atomic mass is 16.5. The predicted molar refractivity (Wildman–Crippen MR) is 106 cm³/mol. The molecule has 0 aliphatic carbocycles. The summed E-state index contributed by atoms with van der Waals surface area (Å²) in [5.41, 5.74) is 2.50. The smallest absolute Gasteiger partial charge is 0.329 e. The Kier molecular flexibility index (Phi) is 5.74. The lowest BCUT2D eigenvalue weighted by Gasteiger charge is -2.12. The van der Waals surface area contributed by atoms with Crippen molar-refractivity contribution in [1.29, 1.82) is 0 Å². The number of urea groups is 1. The second-order valence-corrected chi connectivity index (χ2v) is 6.24. The molecule has 0 aromatic heterocycles. The van der Waals surface area contributed by atoms with E-state index in [4.69, 9.17) is 4.74 Å². The fourth-order valence-corrected chi connectivity index (χ4v) is 2.76. The number of amides is 4. The first-order valence-electron chi connectivity index (χ1n) is 8.91. The van der Waals surface area contributed by atoms with E-state index in [2.05, 4.69) is 10.6 Å². The van der Waals surface area contributed by atoms with Gasteiger partial charge in [0.05, 0.1) is 6.61 Å². The fraction of sp³-hybridized carbons (Fsp3) is 0.190. The van der Waals surface area contributed by atoms with Gasteiger partial charge in [-0.2, -0.15) is 0 Å². The minimum Gasteiger partial charge on any atom is -0.494 e. The molecule has 2 aromatic rings. The molecule has 3 rings (SSSR count). The zero-order valence-electron chi connectivity index (χ0n) is 15.7. The molecule has 1 heterocycles. The zero-order valence-corrected chi connectivity index (χ0v) is 15.7. The van der Waals surface area contributed by atoms with Crippen molar-refractivity contribution >= 4 is 29.6 Å². The van der Waals surface area contributed by atoms with Crippen LogP contribution >= 0.6 is 0 Å². The topological polar surface area (TPSA) is 87.7 Å². The molecule has 0 atom stereocenters. The zero-order chi connectivity index (χ0) is 20.1. The Labute approximate surface area is 163 Å². The summed E-state index contributed by atoms with van der Waals surface area (Å²) in [5, 5.41) is 5.19. The summed E-state index contributed by atoms with van der Waals surface area (Å²) in [7, 11) is 0. The third-order valence-corrected chi connectivity index (χ3v) is 4.20. The molecule has 2 N–H and O–H groups in total. The minimum atomic E-state index is -0.619. The van der Waals surface area contributed by atoms with E-state index in [0.717, 1.165) is 16.0 Å². The predicted octanol–water partition coefficient (Wildman–Crippen LogP) is 2.93. The van der Waals surface area contributed by atoms with Gasteiger partial charge in [0.15, 0.2) is 0 Å². The minimum absolute atomic E-state index is 0.146. The van der Waals surface area contributed by atoms with Crippen LogP contribution in [0.4, 0.5) is 10.5 Å². The quantitative estimate of drug-likeness (QED) is 0.597. The van der Waals surface area contributed by atoms with Crippen LogP contribution in [0.15, 0.2) is 54.2 Å². The van der Waals surface area contributed by atoms with E-state index >= 15 is 0 Å². The van der Waals surface area contributed by atoms with Gasteiger partial charge in [-0.3, -0.25) is 9.59 Å². The molecule has 0 unspecified atom stereocenters. The molecule has 1 aliphatic heterocycles. The van der Waals surface area contributed by atoms with Gasteiger partial charge >= 0.3 is 6.03 Å². The summed E-state index contributed by atoms with van der Waals surface area (Å²) >= 11 is 0. The molecular formula is C21H21N3O4. The van der Waals surface area contributed by atoms with E-state index in [0.29, 0.717) is 18.0 Å². The molecule has 1 aliphatic rings. The van der Waals surface area contributed by atoms with Gasteiger partial charge in [0.25, 0.3) is 5.91 Å². The SMILES string of the molecule is CCOc1ccc(NC(=O)CN2C(=O)N/C(=C\c3ccccc3C)C2=O)cc1. The summed E-state index contributed by atoms with van der Waals surface area (Å²) in [6, 6.07) is 13.7. The molecule has 1 saturated heterocycles. The van der Waals surface area contributed by atoms with Gasteiger partial charge in [-0.1, -0.05) is 24.3 Å². The number of ether oxygens (including phenoxy) is 1. The molecule has 144 valence electrons. The van der Waals surface area contributed by atoms with Crippen LogP contribution in [0.1, 0.15) is 18.1 Å². The van der Waals surface area contributed by atoms with Crippen LogP contribution in [0, 0.1) is 6.92 Å². The van der Waals surface area contributed by atoms with Gasteiger partial charge < -0.3 is 15.4 Å². The first-order chi connectivity index (χ1) is 13.5. The molecule has 0 bridgehead atoms. The Morgan fingerprint density at radius 3 is 2.54 bits per heavy atom. The van der Waals surface area contributed by atoms with Crippen molar-refractivity contribution in [1.82, 2.24) is 10.2 Å². The van der Waals surface area contributed by atoms with Crippen molar-refractivity contribution < 1.29 is 19.1 Å². The molecule has 0 spiro atoms. The van der Waals surface area contributed by atoms with Crippen LogP contribution in [0.25, 0.3) is 6.08 Å². The number of aryl methyl sites for hydroxylation is 1. The first kappa shape index (κ1) is 19.2. The lowest BCUT2D eigenvalue weighted by atomic mass is 10.1. The second-order valence-electron chi connectivity index (χ2n) is 6.24. The number of carbonyl (C=O) groups is 3. The summed E-state index contributed by atoms with van der Waals surface area (Å²) in [6.45, 7) is 3.98. The molecule has 4 amide bonds. The van der Waals surface area contributed by atoms with Crippen LogP contribution in [0.5, 0.6) is 5.75 Å². The molecule has 0 radical (unpaired) electrons. The Morgan fingerprint density at radius 2 is 1.86 bits per heavy atom. The standard InChI is InChI=1S/C21H21N3O4/c1-3-28-17-10-8-16(9-11-17)22-19(25)13-24-20(26)18(23-21(24)27)12-15-7-5-4-6-14(15)2/h4-12H,3,13H2,1-2H3,(H,22,25)(H,23,27)/b18-12-. The highest BCUT2D eigenvalue weighted by molar-refractivity contribution is 6.16. The fourth-order valence-electron chi connectivity index (χ4n) is 2.76. The molecule has 2 aromatic carbocycles. The van der Waals surface area contributed by atoms with Gasteiger partial charge in [0.1, 0.15) is 18.0 Å². The maximum Gasteiger partial charge on any atom is 0.329 e. The Hall–Kier alpha value is -3.61. The first-order valence-corrected chi connectivity index (χ1v) is 8.91. The molecule has 28 heavy (non-hydrogen) atoms. The number of nitrogens with zero attached hydrogens (tertiary/aromatic N) is 1. The largest absolute Gasteiger partial charge is 0.494 e. The number of anilines is 1. The number of imide groups is 1. The van der Waals surface area contributed by atoms with E-state index in [1.54, 1.807) is 30.3 Å². The summed E-state index contributed by atoms with van der Waals surface area (Å²) in [6.07, 6.45) is 1.61. The van der Waals surface area contributed by atoms with Crippen LogP contribution in [0.3, 0.4) is 0 Å². The number of nitrogens with one attached hydrogen (secondary N) is 2. The van der Waals surface area contributed by atoms with Crippen molar-refractivity contribution in [2.24, 2.45) is 0 Å².